The lowest BCUT2D eigenvalue weighted by molar-refractivity contribution is 0.582. The molecule has 1 aliphatic rings. The normalized spacial score (nSPS) is 14.4. The van der Waals surface area contributed by atoms with Crippen LogP contribution in [0.4, 0.5) is 8.78 Å². The van der Waals surface area contributed by atoms with Crippen molar-refractivity contribution >= 4 is 61.0 Å². The van der Waals surface area contributed by atoms with Crippen LogP contribution in [0.15, 0.2) is 179 Å². The number of benzene rings is 7. The molecule has 3 heterocycles. The van der Waals surface area contributed by atoms with Gasteiger partial charge in [0.1, 0.15) is 28.6 Å². The van der Waals surface area contributed by atoms with Crippen LogP contribution in [0, 0.1) is 11.6 Å². The lowest BCUT2D eigenvalue weighted by Gasteiger charge is -2.18. The number of hydrogen-bond donors (Lipinski definition) is 1. The fourth-order valence-corrected chi connectivity index (χ4v) is 7.69. The lowest BCUT2D eigenvalue weighted by Crippen LogP contribution is -2.24. The Morgan fingerprint density at radius 2 is 1.22 bits per heavy atom. The number of aromatic nitrogens is 1. The second-order valence-electron chi connectivity index (χ2n) is 13.5. The number of amidine groups is 1. The summed E-state index contributed by atoms with van der Waals surface area (Å²) in [4.78, 5) is 5.18. The van der Waals surface area contributed by atoms with Crippen LogP contribution in [0.2, 0.25) is 0 Å². The minimum Gasteiger partial charge on any atom is -0.456 e. The summed E-state index contributed by atoms with van der Waals surface area (Å²) >= 11 is 0. The van der Waals surface area contributed by atoms with E-state index in [-0.39, 0.29) is 0 Å². The molecule has 0 amide bonds. The zero-order valence-corrected chi connectivity index (χ0v) is 28.9. The van der Waals surface area contributed by atoms with Crippen LogP contribution in [-0.4, -0.2) is 10.4 Å². The van der Waals surface area contributed by atoms with E-state index in [0.717, 1.165) is 94.9 Å². The number of rotatable bonds is 5. The van der Waals surface area contributed by atoms with Crippen LogP contribution >= 0.6 is 0 Å². The number of nitrogens with one attached hydrogen (secondary N) is 1. The van der Waals surface area contributed by atoms with E-state index in [2.05, 4.69) is 72.1 Å². The van der Waals surface area contributed by atoms with Gasteiger partial charge in [-0.15, -0.1) is 0 Å². The van der Waals surface area contributed by atoms with Gasteiger partial charge in [0.15, 0.2) is 0 Å². The third-order valence-electron chi connectivity index (χ3n) is 10.1. The zero-order chi connectivity index (χ0) is 36.2. The van der Waals surface area contributed by atoms with Crippen molar-refractivity contribution in [2.45, 2.75) is 6.42 Å². The van der Waals surface area contributed by atoms with Gasteiger partial charge in [-0.25, -0.2) is 13.8 Å². The predicted molar refractivity (Wildman–Crippen MR) is 217 cm³/mol. The molecule has 10 rings (SSSR count). The van der Waals surface area contributed by atoms with Crippen molar-refractivity contribution in [2.75, 3.05) is 0 Å². The maximum Gasteiger partial charge on any atom is 0.138 e. The Morgan fingerprint density at radius 3 is 2.02 bits per heavy atom. The maximum atomic E-state index is 14.4. The number of halogens is 2. The van der Waals surface area contributed by atoms with E-state index in [1.165, 1.54) is 12.1 Å². The van der Waals surface area contributed by atoms with Crippen molar-refractivity contribution in [1.82, 2.24) is 9.88 Å². The largest absolute Gasteiger partial charge is 0.456 e. The third-order valence-corrected chi connectivity index (χ3v) is 10.1. The Hall–Kier alpha value is -7.05. The minimum atomic E-state index is -0.616. The van der Waals surface area contributed by atoms with Crippen LogP contribution in [0.1, 0.15) is 23.1 Å². The van der Waals surface area contributed by atoms with Gasteiger partial charge in [0.2, 0.25) is 0 Å². The number of allylic oxidation sites excluding steroid dienone is 2. The molecule has 1 aliphatic heterocycles. The molecule has 7 aromatic carbocycles. The van der Waals surface area contributed by atoms with Gasteiger partial charge in [-0.2, -0.15) is 0 Å². The standard InChI is InChI=1S/C48H31F2N3O/c49-34-27-35(50)29-36(28-34)53-43-19-8-7-15-37(43)39-25-32(21-23-44(39)53)33-22-24-45-40(26-33)47-38(16-9-20-46(47)54-45)42-18-10-17-41(30-11-3-1-4-12-30)51-48(52-42)31-13-5-2-6-14-31/h1-9,11-29H,10H2,(H,51,52)/b41-17-,42-18?. The van der Waals surface area contributed by atoms with Gasteiger partial charge in [-0.05, 0) is 71.6 Å². The van der Waals surface area contributed by atoms with Crippen LogP contribution in [0.3, 0.4) is 0 Å². The first-order valence-electron chi connectivity index (χ1n) is 17.9. The molecule has 0 atom stereocenters. The smallest absolute Gasteiger partial charge is 0.138 e. The average Bonchev–Trinajstić information content (AvgIpc) is 3.73. The summed E-state index contributed by atoms with van der Waals surface area (Å²) in [5.74, 6) is -0.472. The van der Waals surface area contributed by atoms with E-state index < -0.39 is 11.6 Å². The lowest BCUT2D eigenvalue weighted by atomic mass is 9.98. The highest BCUT2D eigenvalue weighted by Gasteiger charge is 2.19. The Labute approximate surface area is 309 Å². The van der Waals surface area contributed by atoms with Gasteiger partial charge in [0.05, 0.1) is 22.4 Å². The molecule has 1 N–H and O–H groups in total. The molecule has 0 bridgehead atoms. The molecule has 4 nitrogen and oxygen atoms in total. The van der Waals surface area contributed by atoms with E-state index in [4.69, 9.17) is 9.41 Å². The first-order chi connectivity index (χ1) is 26.6. The number of aliphatic imine (C=N–C) groups is 1. The first kappa shape index (κ1) is 31.7. The molecule has 9 aromatic rings. The van der Waals surface area contributed by atoms with Crippen LogP contribution in [-0.2, 0) is 0 Å². The third kappa shape index (κ3) is 5.47. The number of para-hydroxylation sites is 1. The summed E-state index contributed by atoms with van der Waals surface area (Å²) in [5.41, 5.74) is 10.7. The van der Waals surface area contributed by atoms with Gasteiger partial charge in [-0.3, -0.25) is 0 Å². The Morgan fingerprint density at radius 1 is 0.537 bits per heavy atom. The molecule has 0 radical (unpaired) electrons. The summed E-state index contributed by atoms with van der Waals surface area (Å²) < 4.78 is 37.2. The highest BCUT2D eigenvalue weighted by molar-refractivity contribution is 6.15. The van der Waals surface area contributed by atoms with E-state index in [1.54, 1.807) is 0 Å². The molecular formula is C48H31F2N3O. The highest BCUT2D eigenvalue weighted by Crippen LogP contribution is 2.39. The molecule has 6 heteroatoms. The molecule has 0 saturated heterocycles. The van der Waals surface area contributed by atoms with Crippen molar-refractivity contribution in [3.63, 3.8) is 0 Å². The second-order valence-corrected chi connectivity index (χ2v) is 13.5. The quantitative estimate of drug-likeness (QED) is 0.194. The SMILES string of the molecule is Fc1cc(F)cc(-n2c3ccccc3c3cc(-c4ccc5oc6cccc(C7=CC/C=C(/c8ccccc8)N=C(c8ccccc8)N7)c6c5c4)ccc32)c1. The molecule has 2 aromatic heterocycles. The van der Waals surface area contributed by atoms with Crippen molar-refractivity contribution in [1.29, 1.82) is 0 Å². The van der Waals surface area contributed by atoms with Gasteiger partial charge >= 0.3 is 0 Å². The van der Waals surface area contributed by atoms with Crippen LogP contribution < -0.4 is 5.32 Å². The van der Waals surface area contributed by atoms with Crippen molar-refractivity contribution in [3.05, 3.63) is 198 Å². The second kappa shape index (κ2) is 12.9. The van der Waals surface area contributed by atoms with Crippen LogP contribution in [0.5, 0.6) is 0 Å². The molecule has 0 fully saturated rings. The molecule has 0 spiro atoms. The molecule has 54 heavy (non-hydrogen) atoms. The average molecular weight is 704 g/mol. The summed E-state index contributed by atoms with van der Waals surface area (Å²) in [7, 11) is 0. The molecular weight excluding hydrogens is 673 g/mol. The number of fused-ring (bicyclic) bond motifs is 6. The van der Waals surface area contributed by atoms with Crippen molar-refractivity contribution in [2.24, 2.45) is 4.99 Å². The van der Waals surface area contributed by atoms with Gasteiger partial charge in [0.25, 0.3) is 0 Å². The van der Waals surface area contributed by atoms with Crippen molar-refractivity contribution < 1.29 is 13.2 Å². The van der Waals surface area contributed by atoms with E-state index in [9.17, 15) is 8.78 Å². The molecule has 0 unspecified atom stereocenters. The Balaban J connectivity index is 1.11. The van der Waals surface area contributed by atoms with Crippen LogP contribution in [0.25, 0.3) is 72.0 Å². The topological polar surface area (TPSA) is 42.5 Å². The molecule has 0 aliphatic carbocycles. The van der Waals surface area contributed by atoms with Gasteiger partial charge < -0.3 is 14.3 Å². The minimum absolute atomic E-state index is 0.439. The van der Waals surface area contributed by atoms with Crippen molar-refractivity contribution in [3.8, 4) is 16.8 Å². The fraction of sp³-hybridized carbons (Fsp3) is 0.0208. The fourth-order valence-electron chi connectivity index (χ4n) is 7.69. The molecule has 258 valence electrons. The van der Waals surface area contributed by atoms with Gasteiger partial charge in [-0.1, -0.05) is 115 Å². The summed E-state index contributed by atoms with van der Waals surface area (Å²) in [5, 5.41) is 7.72. The Bertz CT molecular complexity index is 2990. The Kier molecular flexibility index (Phi) is 7.54. The number of furan rings is 1. The predicted octanol–water partition coefficient (Wildman–Crippen LogP) is 12.5. The monoisotopic (exact) mass is 703 g/mol. The number of nitrogens with zero attached hydrogens (tertiary/aromatic N) is 2. The summed E-state index contributed by atoms with van der Waals surface area (Å²) in [6.07, 6.45) is 5.07. The van der Waals surface area contributed by atoms with E-state index in [1.807, 2.05) is 89.5 Å². The van der Waals surface area contributed by atoms with E-state index in [0.29, 0.717) is 12.1 Å². The highest BCUT2D eigenvalue weighted by atomic mass is 19.1. The summed E-state index contributed by atoms with van der Waals surface area (Å²) in [6, 6.07) is 50.8. The summed E-state index contributed by atoms with van der Waals surface area (Å²) in [6.45, 7) is 0. The van der Waals surface area contributed by atoms with Gasteiger partial charge in [0, 0.05) is 44.4 Å². The first-order valence-corrected chi connectivity index (χ1v) is 17.9. The van der Waals surface area contributed by atoms with E-state index >= 15 is 0 Å². The number of hydrogen-bond acceptors (Lipinski definition) is 3. The molecule has 0 saturated carbocycles. The maximum absolute atomic E-state index is 14.4. The zero-order valence-electron chi connectivity index (χ0n) is 28.9.